The molecule has 0 saturated heterocycles. The van der Waals surface area contributed by atoms with Gasteiger partial charge in [-0.2, -0.15) is 0 Å². The van der Waals surface area contributed by atoms with Crippen LogP contribution in [0.15, 0.2) is 20.5 Å². The van der Waals surface area contributed by atoms with Crippen molar-refractivity contribution < 1.29 is 13.3 Å². The molecule has 2 aromatic heterocycles. The molecule has 0 unspecified atom stereocenters. The number of hydrogen-bond acceptors (Lipinski definition) is 8. The number of nitro groups is 1. The second-order valence-corrected chi connectivity index (χ2v) is 7.49. The molecule has 4 N–H and O–H groups in total. The van der Waals surface area contributed by atoms with Crippen LogP contribution >= 0.6 is 22.7 Å². The second-order valence-electron chi connectivity index (χ2n) is 3.57. The highest BCUT2D eigenvalue weighted by molar-refractivity contribution is 7.91. The molecule has 2 aromatic rings. The van der Waals surface area contributed by atoms with Crippen LogP contribution in [0.4, 0.5) is 10.7 Å². The quantitative estimate of drug-likeness (QED) is 0.534. The van der Waals surface area contributed by atoms with E-state index in [-0.39, 0.29) is 20.6 Å². The Balaban J connectivity index is 2.20. The zero-order valence-corrected chi connectivity index (χ0v) is 12.1. The lowest BCUT2D eigenvalue weighted by Gasteiger charge is -2.01. The number of anilines is 1. The Morgan fingerprint density at radius 2 is 2.20 bits per heavy atom. The van der Waals surface area contributed by atoms with Crippen molar-refractivity contribution in [3.63, 3.8) is 0 Å². The van der Waals surface area contributed by atoms with Crippen LogP contribution < -0.4 is 15.3 Å². The summed E-state index contributed by atoms with van der Waals surface area (Å²) in [5.41, 5.74) is 5.35. The van der Waals surface area contributed by atoms with Gasteiger partial charge in [0.2, 0.25) is 0 Å². The van der Waals surface area contributed by atoms with Crippen molar-refractivity contribution >= 4 is 43.4 Å². The number of aromatic amines is 1. The first kappa shape index (κ1) is 14.6. The summed E-state index contributed by atoms with van der Waals surface area (Å²) in [7, 11) is -3.92. The number of nitrogens with zero attached hydrogens (tertiary/aromatic N) is 1. The largest absolute Gasteiger partial charge is 0.385 e. The van der Waals surface area contributed by atoms with Gasteiger partial charge in [0.25, 0.3) is 10.0 Å². The molecule has 0 aromatic carbocycles. The fourth-order valence-electron chi connectivity index (χ4n) is 1.29. The van der Waals surface area contributed by atoms with E-state index in [0.717, 1.165) is 17.4 Å². The number of nitrogen functional groups attached to an aromatic ring is 1. The van der Waals surface area contributed by atoms with Gasteiger partial charge in [0.05, 0.1) is 11.5 Å². The number of rotatable bonds is 5. The van der Waals surface area contributed by atoms with Gasteiger partial charge in [-0.05, 0) is 0 Å². The van der Waals surface area contributed by atoms with Gasteiger partial charge < -0.3 is 10.7 Å². The maximum absolute atomic E-state index is 11.9. The highest BCUT2D eigenvalue weighted by Crippen LogP contribution is 2.34. The Hall–Kier alpha value is -1.76. The van der Waals surface area contributed by atoms with Crippen LogP contribution in [0.25, 0.3) is 0 Å². The average molecular weight is 336 g/mol. The first-order chi connectivity index (χ1) is 9.29. The summed E-state index contributed by atoms with van der Waals surface area (Å²) in [6.07, 6.45) is 0. The van der Waals surface area contributed by atoms with Crippen molar-refractivity contribution in [1.29, 1.82) is 0 Å². The molecule has 0 aliphatic rings. The maximum Gasteiger partial charge on any atom is 0.304 e. The third kappa shape index (κ3) is 3.04. The van der Waals surface area contributed by atoms with E-state index < -0.39 is 20.6 Å². The lowest BCUT2D eigenvalue weighted by Crippen LogP contribution is -2.22. The van der Waals surface area contributed by atoms with Crippen LogP contribution in [-0.4, -0.2) is 18.3 Å². The molecule has 20 heavy (non-hydrogen) atoms. The van der Waals surface area contributed by atoms with Crippen molar-refractivity contribution in [1.82, 2.24) is 9.71 Å². The van der Waals surface area contributed by atoms with Gasteiger partial charge in [-0.3, -0.25) is 14.9 Å². The van der Waals surface area contributed by atoms with Crippen LogP contribution in [0.3, 0.4) is 0 Å². The molecular weight excluding hydrogens is 328 g/mol. The molecule has 0 aliphatic heterocycles. The van der Waals surface area contributed by atoms with Crippen LogP contribution in [0.2, 0.25) is 0 Å². The predicted molar refractivity (Wildman–Crippen MR) is 74.4 cm³/mol. The summed E-state index contributed by atoms with van der Waals surface area (Å²) in [5.74, 6) is 0. The monoisotopic (exact) mass is 336 g/mol. The van der Waals surface area contributed by atoms with Crippen molar-refractivity contribution in [2.24, 2.45) is 0 Å². The Morgan fingerprint density at radius 1 is 1.50 bits per heavy atom. The molecule has 9 nitrogen and oxygen atoms in total. The highest BCUT2D eigenvalue weighted by atomic mass is 32.2. The maximum atomic E-state index is 11.9. The van der Waals surface area contributed by atoms with Crippen LogP contribution in [0.5, 0.6) is 0 Å². The van der Waals surface area contributed by atoms with Gasteiger partial charge in [-0.15, -0.1) is 0 Å². The Morgan fingerprint density at radius 3 is 2.70 bits per heavy atom. The van der Waals surface area contributed by atoms with E-state index in [2.05, 4.69) is 9.71 Å². The minimum absolute atomic E-state index is 0.118. The van der Waals surface area contributed by atoms with E-state index in [0.29, 0.717) is 17.0 Å². The molecule has 2 rings (SSSR count). The van der Waals surface area contributed by atoms with Crippen LogP contribution in [0.1, 0.15) is 5.69 Å². The van der Waals surface area contributed by atoms with Gasteiger partial charge in [-0.1, -0.05) is 22.7 Å². The third-order valence-electron chi connectivity index (χ3n) is 2.20. The number of aromatic nitrogens is 1. The van der Waals surface area contributed by atoms with E-state index in [4.69, 9.17) is 5.73 Å². The molecule has 0 radical (unpaired) electrons. The second kappa shape index (κ2) is 5.32. The molecule has 0 bridgehead atoms. The topological polar surface area (TPSA) is 148 Å². The molecule has 12 heteroatoms. The van der Waals surface area contributed by atoms with Gasteiger partial charge >= 0.3 is 10.6 Å². The van der Waals surface area contributed by atoms with Gasteiger partial charge in [0.15, 0.2) is 5.00 Å². The number of sulfonamides is 1. The zero-order valence-electron chi connectivity index (χ0n) is 9.65. The third-order valence-corrected chi connectivity index (χ3v) is 5.75. The van der Waals surface area contributed by atoms with E-state index in [1.807, 2.05) is 0 Å². The van der Waals surface area contributed by atoms with E-state index in [9.17, 15) is 23.3 Å². The Kier molecular flexibility index (Phi) is 3.89. The molecular formula is C8H8N4O5S3. The van der Waals surface area contributed by atoms with Crippen molar-refractivity contribution in [3.8, 4) is 0 Å². The Labute approximate surface area is 120 Å². The highest BCUT2D eigenvalue weighted by Gasteiger charge is 2.24. The van der Waals surface area contributed by atoms with E-state index in [1.54, 1.807) is 0 Å². The van der Waals surface area contributed by atoms with Crippen LogP contribution in [-0.2, 0) is 16.6 Å². The molecule has 0 atom stereocenters. The Bertz CT molecular complexity index is 802. The van der Waals surface area contributed by atoms with Gasteiger partial charge in [0.1, 0.15) is 4.21 Å². The van der Waals surface area contributed by atoms with Gasteiger partial charge in [0, 0.05) is 17.1 Å². The molecule has 108 valence electrons. The average Bonchev–Trinajstić information content (AvgIpc) is 2.93. The number of nitrogens with two attached hydrogens (primary N) is 1. The molecule has 2 heterocycles. The van der Waals surface area contributed by atoms with Gasteiger partial charge in [-0.25, -0.2) is 13.1 Å². The van der Waals surface area contributed by atoms with Crippen molar-refractivity contribution in [2.75, 3.05) is 5.73 Å². The molecule has 0 aliphatic carbocycles. The summed E-state index contributed by atoms with van der Waals surface area (Å²) < 4.78 is 25.8. The summed E-state index contributed by atoms with van der Waals surface area (Å²) in [4.78, 5) is 22.9. The summed E-state index contributed by atoms with van der Waals surface area (Å²) in [5, 5.41) is 11.9. The number of nitrogens with one attached hydrogen (secondary N) is 2. The molecule has 0 spiro atoms. The van der Waals surface area contributed by atoms with E-state index in [1.165, 1.54) is 5.38 Å². The fraction of sp³-hybridized carbons (Fsp3) is 0.125. The molecule has 0 amide bonds. The summed E-state index contributed by atoms with van der Waals surface area (Å²) >= 11 is 1.51. The SMILES string of the molecule is Nc1sc(S(=O)(=O)NCc2csc(=O)[nH]2)cc1[N+](=O)[O-]. The lowest BCUT2D eigenvalue weighted by atomic mass is 10.5. The smallest absolute Gasteiger partial charge is 0.304 e. The minimum Gasteiger partial charge on any atom is -0.385 e. The zero-order chi connectivity index (χ0) is 14.9. The standard InChI is InChI=1S/C8H8N4O5S3/c9-7-5(12(14)15)1-6(19-7)20(16,17)10-2-4-3-18-8(13)11-4/h1,3,10H,2,9H2,(H,11,13). The normalized spacial score (nSPS) is 11.6. The first-order valence-electron chi connectivity index (χ1n) is 4.99. The van der Waals surface area contributed by atoms with Crippen molar-refractivity contribution in [2.45, 2.75) is 10.8 Å². The number of thiazole rings is 1. The molecule has 0 saturated carbocycles. The summed E-state index contributed by atoms with van der Waals surface area (Å²) in [6.45, 7) is -0.118. The number of H-pyrrole nitrogens is 1. The minimum atomic E-state index is -3.92. The summed E-state index contributed by atoms with van der Waals surface area (Å²) in [6, 6.07) is 0.901. The predicted octanol–water partition coefficient (Wildman–Crippen LogP) is 0.467. The first-order valence-corrected chi connectivity index (χ1v) is 8.17. The lowest BCUT2D eigenvalue weighted by molar-refractivity contribution is -0.383. The van der Waals surface area contributed by atoms with Crippen molar-refractivity contribution in [3.05, 3.63) is 36.9 Å². The molecule has 0 fully saturated rings. The number of hydrogen-bond donors (Lipinski definition) is 3. The number of thiophene rings is 1. The van der Waals surface area contributed by atoms with E-state index >= 15 is 0 Å². The van der Waals surface area contributed by atoms with Crippen LogP contribution in [0, 0.1) is 10.1 Å². The fourth-order valence-corrected chi connectivity index (χ4v) is 4.14.